The number of hydrogen-bond acceptors (Lipinski definition) is 5. The van der Waals surface area contributed by atoms with Crippen LogP contribution in [0.25, 0.3) is 0 Å². The molecule has 0 aliphatic rings. The molecule has 0 amide bonds. The Balaban J connectivity index is 2.24. The number of nitrogens with zero attached hydrogens (tertiary/aromatic N) is 1. The monoisotopic (exact) mass is 249 g/mol. The highest BCUT2D eigenvalue weighted by Crippen LogP contribution is 2.03. The zero-order valence-corrected chi connectivity index (χ0v) is 10.2. The number of thiazole rings is 1. The Morgan fingerprint density at radius 2 is 2.27 bits per heavy atom. The van der Waals surface area contributed by atoms with Crippen molar-refractivity contribution in [2.45, 2.75) is 6.42 Å². The molecule has 0 saturated heterocycles. The number of hydrogen-bond donors (Lipinski definition) is 2. The normalized spacial score (nSPS) is 11.8. The van der Waals surface area contributed by atoms with Crippen molar-refractivity contribution in [2.75, 3.05) is 25.9 Å². The van der Waals surface area contributed by atoms with Crippen LogP contribution in [-0.4, -0.2) is 39.3 Å². The van der Waals surface area contributed by atoms with Crippen LogP contribution in [0.4, 0.5) is 0 Å². The van der Waals surface area contributed by atoms with Crippen LogP contribution in [-0.2, 0) is 16.4 Å². The number of nitrogens with one attached hydrogen (secondary N) is 2. The van der Waals surface area contributed by atoms with Gasteiger partial charge in [-0.05, 0) is 7.05 Å². The molecule has 1 aromatic heterocycles. The Morgan fingerprint density at radius 3 is 2.87 bits per heavy atom. The minimum atomic E-state index is -3.13. The first-order valence-electron chi connectivity index (χ1n) is 4.64. The molecule has 5 nitrogen and oxygen atoms in total. The van der Waals surface area contributed by atoms with Crippen LogP contribution >= 0.6 is 11.3 Å². The van der Waals surface area contributed by atoms with Gasteiger partial charge in [0, 0.05) is 31.1 Å². The van der Waals surface area contributed by atoms with Gasteiger partial charge < -0.3 is 5.32 Å². The van der Waals surface area contributed by atoms with Crippen molar-refractivity contribution in [3.05, 3.63) is 16.6 Å². The van der Waals surface area contributed by atoms with E-state index in [1.54, 1.807) is 13.2 Å². The first kappa shape index (κ1) is 12.6. The predicted molar refractivity (Wildman–Crippen MR) is 61.5 cm³/mol. The van der Waals surface area contributed by atoms with Crippen molar-refractivity contribution in [1.82, 2.24) is 15.0 Å². The quantitative estimate of drug-likeness (QED) is 0.703. The fourth-order valence-electron chi connectivity index (χ4n) is 0.998. The topological polar surface area (TPSA) is 71.1 Å². The molecule has 1 heterocycles. The standard InChI is InChI=1S/C8H15N3O2S2/c1-9-5-7-15(12,13)11-3-2-8-10-4-6-14-8/h4,6,9,11H,2-3,5,7H2,1H3. The molecule has 0 aliphatic heterocycles. The Labute approximate surface area is 94.0 Å². The molecule has 0 fully saturated rings. The molecule has 0 saturated carbocycles. The molecule has 1 aromatic rings. The van der Waals surface area contributed by atoms with Gasteiger partial charge in [-0.15, -0.1) is 11.3 Å². The Kier molecular flexibility index (Phi) is 5.16. The summed E-state index contributed by atoms with van der Waals surface area (Å²) in [5, 5.41) is 5.63. The largest absolute Gasteiger partial charge is 0.319 e. The van der Waals surface area contributed by atoms with E-state index < -0.39 is 10.0 Å². The average Bonchev–Trinajstić information content (AvgIpc) is 2.67. The van der Waals surface area contributed by atoms with Crippen molar-refractivity contribution < 1.29 is 8.42 Å². The van der Waals surface area contributed by atoms with E-state index in [1.165, 1.54) is 11.3 Å². The molecule has 0 unspecified atom stereocenters. The molecule has 86 valence electrons. The van der Waals surface area contributed by atoms with E-state index in [4.69, 9.17) is 0 Å². The van der Waals surface area contributed by atoms with E-state index in [9.17, 15) is 8.42 Å². The summed E-state index contributed by atoms with van der Waals surface area (Å²) in [5.41, 5.74) is 0. The van der Waals surface area contributed by atoms with Gasteiger partial charge in [0.15, 0.2) is 0 Å². The van der Waals surface area contributed by atoms with Gasteiger partial charge in [0.2, 0.25) is 10.0 Å². The van der Waals surface area contributed by atoms with Crippen molar-refractivity contribution in [3.63, 3.8) is 0 Å². The molecule has 7 heteroatoms. The van der Waals surface area contributed by atoms with Gasteiger partial charge in [0.1, 0.15) is 0 Å². The lowest BCUT2D eigenvalue weighted by molar-refractivity contribution is 0.579. The fourth-order valence-corrected chi connectivity index (χ4v) is 2.65. The lowest BCUT2D eigenvalue weighted by atomic mass is 10.5. The smallest absolute Gasteiger partial charge is 0.212 e. The van der Waals surface area contributed by atoms with Crippen LogP contribution in [0.15, 0.2) is 11.6 Å². The second-order valence-corrected chi connectivity index (χ2v) is 5.90. The van der Waals surface area contributed by atoms with Gasteiger partial charge in [-0.25, -0.2) is 18.1 Å². The minimum Gasteiger partial charge on any atom is -0.319 e. The van der Waals surface area contributed by atoms with E-state index in [-0.39, 0.29) is 5.75 Å². The summed E-state index contributed by atoms with van der Waals surface area (Å²) < 4.78 is 25.2. The van der Waals surface area contributed by atoms with Crippen LogP contribution < -0.4 is 10.0 Å². The second kappa shape index (κ2) is 6.16. The van der Waals surface area contributed by atoms with Crippen molar-refractivity contribution in [3.8, 4) is 0 Å². The van der Waals surface area contributed by atoms with Crippen molar-refractivity contribution in [2.24, 2.45) is 0 Å². The molecule has 15 heavy (non-hydrogen) atoms. The van der Waals surface area contributed by atoms with Crippen molar-refractivity contribution >= 4 is 21.4 Å². The van der Waals surface area contributed by atoms with Gasteiger partial charge in [0.25, 0.3) is 0 Å². The number of aromatic nitrogens is 1. The number of sulfonamides is 1. The Morgan fingerprint density at radius 1 is 1.47 bits per heavy atom. The summed E-state index contributed by atoms with van der Waals surface area (Å²) in [6.07, 6.45) is 2.37. The van der Waals surface area contributed by atoms with Crippen LogP contribution in [0.1, 0.15) is 5.01 Å². The molecule has 0 aliphatic carbocycles. The van der Waals surface area contributed by atoms with Gasteiger partial charge in [0.05, 0.1) is 10.8 Å². The van der Waals surface area contributed by atoms with E-state index in [1.807, 2.05) is 5.38 Å². The summed E-state index contributed by atoms with van der Waals surface area (Å²) in [6.45, 7) is 0.881. The first-order valence-corrected chi connectivity index (χ1v) is 7.17. The highest BCUT2D eigenvalue weighted by molar-refractivity contribution is 7.89. The summed E-state index contributed by atoms with van der Waals surface area (Å²) in [5.74, 6) is 0.112. The zero-order chi connectivity index (χ0) is 11.1. The molecule has 0 spiro atoms. The second-order valence-electron chi connectivity index (χ2n) is 2.99. The third-order valence-corrected chi connectivity index (χ3v) is 3.99. The lowest BCUT2D eigenvalue weighted by Gasteiger charge is -2.04. The summed E-state index contributed by atoms with van der Waals surface area (Å²) in [4.78, 5) is 4.07. The van der Waals surface area contributed by atoms with E-state index in [2.05, 4.69) is 15.0 Å². The van der Waals surface area contributed by atoms with Crippen LogP contribution in [0, 0.1) is 0 Å². The van der Waals surface area contributed by atoms with Gasteiger partial charge >= 0.3 is 0 Å². The molecular weight excluding hydrogens is 234 g/mol. The maximum Gasteiger partial charge on any atom is 0.212 e. The predicted octanol–water partition coefficient (Wildman–Crippen LogP) is -0.176. The molecule has 0 bridgehead atoms. The summed E-state index contributed by atoms with van der Waals surface area (Å²) >= 11 is 1.53. The summed E-state index contributed by atoms with van der Waals surface area (Å²) in [7, 11) is -1.41. The van der Waals surface area contributed by atoms with Crippen LogP contribution in [0.5, 0.6) is 0 Å². The molecule has 0 aromatic carbocycles. The van der Waals surface area contributed by atoms with Crippen molar-refractivity contribution in [1.29, 1.82) is 0 Å². The first-order chi connectivity index (χ1) is 7.14. The third kappa shape index (κ3) is 5.22. The molecule has 2 N–H and O–H groups in total. The summed E-state index contributed by atoms with van der Waals surface area (Å²) in [6, 6.07) is 0. The molecule has 1 rings (SSSR count). The Bertz CT molecular complexity index is 361. The average molecular weight is 249 g/mol. The van der Waals surface area contributed by atoms with Crippen LogP contribution in [0.3, 0.4) is 0 Å². The molecule has 0 radical (unpaired) electrons. The molecule has 0 atom stereocenters. The molecular formula is C8H15N3O2S2. The minimum absolute atomic E-state index is 0.112. The maximum absolute atomic E-state index is 11.3. The Hall–Kier alpha value is -0.500. The highest BCUT2D eigenvalue weighted by atomic mass is 32.2. The highest BCUT2D eigenvalue weighted by Gasteiger charge is 2.08. The van der Waals surface area contributed by atoms with E-state index in [0.29, 0.717) is 19.5 Å². The number of rotatable bonds is 7. The van der Waals surface area contributed by atoms with Gasteiger partial charge in [-0.3, -0.25) is 0 Å². The SMILES string of the molecule is CNCCS(=O)(=O)NCCc1nccs1. The van der Waals surface area contributed by atoms with E-state index in [0.717, 1.165) is 5.01 Å². The van der Waals surface area contributed by atoms with E-state index >= 15 is 0 Å². The fraction of sp³-hybridized carbons (Fsp3) is 0.625. The lowest BCUT2D eigenvalue weighted by Crippen LogP contribution is -2.32. The third-order valence-electron chi connectivity index (χ3n) is 1.77. The maximum atomic E-state index is 11.3. The zero-order valence-electron chi connectivity index (χ0n) is 8.56. The van der Waals surface area contributed by atoms with Gasteiger partial charge in [-0.1, -0.05) is 0 Å². The van der Waals surface area contributed by atoms with Crippen LogP contribution in [0.2, 0.25) is 0 Å². The van der Waals surface area contributed by atoms with Gasteiger partial charge in [-0.2, -0.15) is 0 Å².